The first-order valence-electron chi connectivity index (χ1n) is 11.8. The van der Waals surface area contributed by atoms with E-state index < -0.39 is 6.29 Å². The fourth-order valence-corrected chi connectivity index (χ4v) is 5.61. The molecule has 0 N–H and O–H groups in total. The van der Waals surface area contributed by atoms with Crippen LogP contribution in [0.15, 0.2) is 42.0 Å². The van der Waals surface area contributed by atoms with Crippen molar-refractivity contribution in [2.24, 2.45) is 23.7 Å². The summed E-state index contributed by atoms with van der Waals surface area (Å²) in [5, 5.41) is 0. The van der Waals surface area contributed by atoms with Gasteiger partial charge in [-0.1, -0.05) is 57.5 Å². The highest BCUT2D eigenvalue weighted by Gasteiger charge is 2.41. The highest BCUT2D eigenvalue weighted by molar-refractivity contribution is 5.85. The monoisotopic (exact) mass is 411 g/mol. The summed E-state index contributed by atoms with van der Waals surface area (Å²) in [6.07, 6.45) is 5.97. The topological polar surface area (TPSA) is 38.8 Å². The van der Waals surface area contributed by atoms with Crippen molar-refractivity contribution in [3.63, 3.8) is 0 Å². The largest absolute Gasteiger partial charge is 0.428 e. The molecule has 3 aliphatic rings. The lowest BCUT2D eigenvalue weighted by Gasteiger charge is -2.38. The van der Waals surface area contributed by atoms with E-state index in [0.29, 0.717) is 29.7 Å². The maximum Gasteiger partial charge on any atom is 0.333 e. The van der Waals surface area contributed by atoms with Gasteiger partial charge in [-0.2, -0.15) is 0 Å². The van der Waals surface area contributed by atoms with E-state index in [1.54, 1.807) is 6.08 Å². The van der Waals surface area contributed by atoms with E-state index in [-0.39, 0.29) is 12.1 Å². The molecule has 1 aromatic rings. The van der Waals surface area contributed by atoms with Crippen LogP contribution in [0.2, 0.25) is 0 Å². The van der Waals surface area contributed by atoms with Crippen molar-refractivity contribution in [1.82, 2.24) is 4.90 Å². The Labute approximate surface area is 181 Å². The Hall–Kier alpha value is -1.65. The van der Waals surface area contributed by atoms with Crippen molar-refractivity contribution in [2.75, 3.05) is 13.1 Å². The normalized spacial score (nSPS) is 33.6. The van der Waals surface area contributed by atoms with Crippen molar-refractivity contribution in [3.8, 4) is 0 Å². The molecule has 2 heterocycles. The number of benzene rings is 1. The summed E-state index contributed by atoms with van der Waals surface area (Å²) in [6.45, 7) is 11.1. The van der Waals surface area contributed by atoms with Gasteiger partial charge in [0.05, 0.1) is 6.10 Å². The molecule has 0 aromatic heterocycles. The average molecular weight is 412 g/mol. The molecule has 6 atom stereocenters. The average Bonchev–Trinajstić information content (AvgIpc) is 3.34. The van der Waals surface area contributed by atoms with E-state index in [1.807, 2.05) is 0 Å². The Bertz CT molecular complexity index is 759. The molecule has 4 nitrogen and oxygen atoms in total. The smallest absolute Gasteiger partial charge is 0.333 e. The first-order chi connectivity index (χ1) is 14.4. The van der Waals surface area contributed by atoms with Crippen LogP contribution in [0.5, 0.6) is 0 Å². The first-order valence-corrected chi connectivity index (χ1v) is 11.8. The molecule has 164 valence electrons. The van der Waals surface area contributed by atoms with Gasteiger partial charge >= 0.3 is 5.97 Å². The fourth-order valence-electron chi connectivity index (χ4n) is 5.61. The van der Waals surface area contributed by atoms with Crippen molar-refractivity contribution in [3.05, 3.63) is 47.5 Å². The lowest BCUT2D eigenvalue weighted by molar-refractivity contribution is -0.182. The summed E-state index contributed by atoms with van der Waals surface area (Å²) in [6, 6.07) is 11.0. The van der Waals surface area contributed by atoms with E-state index >= 15 is 0 Å². The number of carbonyl (C=O) groups is 1. The lowest BCUT2D eigenvalue weighted by atomic mass is 9.75. The van der Waals surface area contributed by atoms with Crippen molar-refractivity contribution < 1.29 is 14.3 Å². The van der Waals surface area contributed by atoms with Gasteiger partial charge in [-0.15, -0.1) is 0 Å². The second kappa shape index (κ2) is 9.23. The fraction of sp³-hybridized carbons (Fsp3) is 0.654. The molecular weight excluding hydrogens is 374 g/mol. The molecule has 2 aliphatic heterocycles. The molecule has 4 heteroatoms. The molecule has 0 amide bonds. The quantitative estimate of drug-likeness (QED) is 0.591. The SMILES string of the molecule is CC(C)[C@@H]1CC[C@@H](C)C[C@H]1O[C@H]1OC(=O)C=C1[C@@H]1CCN([C@@H](C)c2ccccc2)C1. The molecule has 4 rings (SSSR count). The van der Waals surface area contributed by atoms with E-state index in [4.69, 9.17) is 9.47 Å². The minimum absolute atomic E-state index is 0.175. The van der Waals surface area contributed by atoms with Gasteiger partial charge in [-0.3, -0.25) is 4.90 Å². The third-order valence-electron chi connectivity index (χ3n) is 7.56. The third kappa shape index (κ3) is 4.65. The van der Waals surface area contributed by atoms with Crippen molar-refractivity contribution in [2.45, 2.75) is 71.8 Å². The van der Waals surface area contributed by atoms with Gasteiger partial charge in [0.15, 0.2) is 0 Å². The molecule has 1 saturated carbocycles. The summed E-state index contributed by atoms with van der Waals surface area (Å²) in [7, 11) is 0. The molecule has 0 unspecified atom stereocenters. The number of nitrogens with zero attached hydrogens (tertiary/aromatic N) is 1. The van der Waals surface area contributed by atoms with Crippen LogP contribution in [0, 0.1) is 23.7 Å². The van der Waals surface area contributed by atoms with E-state index in [9.17, 15) is 4.79 Å². The minimum atomic E-state index is -0.494. The van der Waals surface area contributed by atoms with Gasteiger partial charge in [0, 0.05) is 30.2 Å². The van der Waals surface area contributed by atoms with E-state index in [0.717, 1.165) is 31.5 Å². The van der Waals surface area contributed by atoms with Gasteiger partial charge < -0.3 is 9.47 Å². The van der Waals surface area contributed by atoms with Gasteiger partial charge in [-0.25, -0.2) is 4.79 Å². The Morgan fingerprint density at radius 3 is 2.60 bits per heavy atom. The number of ether oxygens (including phenoxy) is 2. The zero-order valence-electron chi connectivity index (χ0n) is 18.9. The molecule has 30 heavy (non-hydrogen) atoms. The third-order valence-corrected chi connectivity index (χ3v) is 7.56. The highest BCUT2D eigenvalue weighted by atomic mass is 16.7. The number of rotatable bonds is 6. The summed E-state index contributed by atoms with van der Waals surface area (Å²) in [4.78, 5) is 14.7. The van der Waals surface area contributed by atoms with E-state index in [1.165, 1.54) is 18.4 Å². The van der Waals surface area contributed by atoms with Crippen LogP contribution in [0.25, 0.3) is 0 Å². The summed E-state index contributed by atoms with van der Waals surface area (Å²) >= 11 is 0. The molecule has 2 fully saturated rings. The predicted octanol–water partition coefficient (Wildman–Crippen LogP) is 5.36. The molecule has 1 aromatic carbocycles. The Kier molecular flexibility index (Phi) is 6.64. The van der Waals surface area contributed by atoms with Crippen molar-refractivity contribution >= 4 is 5.97 Å². The number of carbonyl (C=O) groups excluding carboxylic acids is 1. The maximum absolute atomic E-state index is 12.2. The van der Waals surface area contributed by atoms with Crippen LogP contribution in [-0.4, -0.2) is 36.4 Å². The second-order valence-corrected chi connectivity index (χ2v) is 9.98. The molecule has 1 saturated heterocycles. The highest BCUT2D eigenvalue weighted by Crippen LogP contribution is 2.40. The molecule has 1 aliphatic carbocycles. The molecule has 0 bridgehead atoms. The van der Waals surface area contributed by atoms with Crippen LogP contribution in [0.1, 0.15) is 65.0 Å². The molecular formula is C26H37NO3. The first kappa shape index (κ1) is 21.6. The number of esters is 1. The zero-order chi connectivity index (χ0) is 21.3. The Balaban J connectivity index is 1.43. The van der Waals surface area contributed by atoms with Crippen LogP contribution in [0.4, 0.5) is 0 Å². The summed E-state index contributed by atoms with van der Waals surface area (Å²) < 4.78 is 12.2. The Morgan fingerprint density at radius 2 is 1.87 bits per heavy atom. The van der Waals surface area contributed by atoms with E-state index in [2.05, 4.69) is 62.9 Å². The predicted molar refractivity (Wildman–Crippen MR) is 119 cm³/mol. The lowest BCUT2D eigenvalue weighted by Crippen LogP contribution is -2.38. The van der Waals surface area contributed by atoms with Gasteiger partial charge in [0.2, 0.25) is 6.29 Å². The standard InChI is InChI=1S/C26H37NO3/c1-17(2)22-11-10-18(3)14-24(22)29-26-23(15-25(28)30-26)21-12-13-27(16-21)19(4)20-8-6-5-7-9-20/h5-9,15,17-19,21-22,24,26H,10-14,16H2,1-4H3/t18-,19+,21-,22+,24-,26+/m1/s1. The van der Waals surface area contributed by atoms with Crippen LogP contribution in [0.3, 0.4) is 0 Å². The summed E-state index contributed by atoms with van der Waals surface area (Å²) in [5.74, 6) is 1.88. The van der Waals surface area contributed by atoms with Gasteiger partial charge in [0.1, 0.15) is 0 Å². The minimum Gasteiger partial charge on any atom is -0.428 e. The van der Waals surface area contributed by atoms with Gasteiger partial charge in [0.25, 0.3) is 0 Å². The number of hydrogen-bond donors (Lipinski definition) is 0. The van der Waals surface area contributed by atoms with Gasteiger partial charge in [-0.05, 0) is 56.0 Å². The second-order valence-electron chi connectivity index (χ2n) is 9.98. The molecule has 0 radical (unpaired) electrons. The number of cyclic esters (lactones) is 1. The zero-order valence-corrected chi connectivity index (χ0v) is 18.9. The van der Waals surface area contributed by atoms with Crippen LogP contribution < -0.4 is 0 Å². The van der Waals surface area contributed by atoms with Crippen LogP contribution in [-0.2, 0) is 14.3 Å². The Morgan fingerprint density at radius 1 is 1.10 bits per heavy atom. The number of likely N-dealkylation sites (tertiary alicyclic amines) is 1. The number of hydrogen-bond acceptors (Lipinski definition) is 4. The van der Waals surface area contributed by atoms with Crippen molar-refractivity contribution in [1.29, 1.82) is 0 Å². The van der Waals surface area contributed by atoms with Crippen LogP contribution >= 0.6 is 0 Å². The maximum atomic E-state index is 12.2. The summed E-state index contributed by atoms with van der Waals surface area (Å²) in [5.41, 5.74) is 2.40. The molecule has 0 spiro atoms.